The van der Waals surface area contributed by atoms with Gasteiger partial charge in [0.1, 0.15) is 11.6 Å². The summed E-state index contributed by atoms with van der Waals surface area (Å²) >= 11 is 0. The van der Waals surface area contributed by atoms with Gasteiger partial charge in [0.15, 0.2) is 0 Å². The lowest BCUT2D eigenvalue weighted by molar-refractivity contribution is 0.249. The van der Waals surface area contributed by atoms with E-state index in [2.05, 4.69) is 10.6 Å². The summed E-state index contributed by atoms with van der Waals surface area (Å²) in [6.07, 6.45) is 0. The number of benzene rings is 2. The molecule has 0 saturated carbocycles. The van der Waals surface area contributed by atoms with Gasteiger partial charge in [-0.25, -0.2) is 9.18 Å². The van der Waals surface area contributed by atoms with Gasteiger partial charge < -0.3 is 15.4 Å². The number of hydrogen-bond donors (Lipinski definition) is 2. The number of methoxy groups -OCH3 is 1. The topological polar surface area (TPSA) is 50.4 Å². The van der Waals surface area contributed by atoms with E-state index >= 15 is 0 Å². The molecule has 2 N–H and O–H groups in total. The molecule has 0 heterocycles. The highest BCUT2D eigenvalue weighted by molar-refractivity contribution is 5.89. The molecule has 2 amide bonds. The summed E-state index contributed by atoms with van der Waals surface area (Å²) in [5.41, 5.74) is 1.47. The molecule has 0 aliphatic carbocycles. The number of anilines is 1. The number of halogens is 1. The minimum atomic E-state index is -0.350. The van der Waals surface area contributed by atoms with Gasteiger partial charge in [0, 0.05) is 5.69 Å². The average Bonchev–Trinajstić information content (AvgIpc) is 2.49. The SMILES string of the molecule is COc1cccc([C@@H](C)NC(=O)Nc2ccc(F)cc2)c1. The molecule has 2 aromatic carbocycles. The summed E-state index contributed by atoms with van der Waals surface area (Å²) in [6.45, 7) is 1.87. The monoisotopic (exact) mass is 288 g/mol. The van der Waals surface area contributed by atoms with Gasteiger partial charge in [0.25, 0.3) is 0 Å². The molecule has 0 unspecified atom stereocenters. The summed E-state index contributed by atoms with van der Waals surface area (Å²) in [5.74, 6) is 0.394. The smallest absolute Gasteiger partial charge is 0.319 e. The molecule has 0 aromatic heterocycles. The molecule has 0 aliphatic heterocycles. The van der Waals surface area contributed by atoms with E-state index in [-0.39, 0.29) is 17.9 Å². The van der Waals surface area contributed by atoms with Gasteiger partial charge in [-0.15, -0.1) is 0 Å². The molecule has 1 atom stereocenters. The predicted molar refractivity (Wildman–Crippen MR) is 80.0 cm³/mol. The van der Waals surface area contributed by atoms with Crippen molar-refractivity contribution in [2.24, 2.45) is 0 Å². The Morgan fingerprint density at radius 3 is 2.57 bits per heavy atom. The van der Waals surface area contributed by atoms with Gasteiger partial charge in [-0.3, -0.25) is 0 Å². The van der Waals surface area contributed by atoms with E-state index in [1.807, 2.05) is 31.2 Å². The Labute approximate surface area is 122 Å². The molecule has 0 saturated heterocycles. The molecule has 0 spiro atoms. The minimum absolute atomic E-state index is 0.180. The molecule has 21 heavy (non-hydrogen) atoms. The number of urea groups is 1. The normalized spacial score (nSPS) is 11.6. The lowest BCUT2D eigenvalue weighted by Crippen LogP contribution is -2.31. The second-order valence-corrected chi connectivity index (χ2v) is 4.60. The van der Waals surface area contributed by atoms with Crippen LogP contribution in [0.2, 0.25) is 0 Å². The third-order valence-electron chi connectivity index (χ3n) is 3.04. The van der Waals surface area contributed by atoms with Crippen molar-refractivity contribution in [1.82, 2.24) is 5.32 Å². The zero-order valence-corrected chi connectivity index (χ0v) is 11.9. The fraction of sp³-hybridized carbons (Fsp3) is 0.188. The quantitative estimate of drug-likeness (QED) is 0.901. The van der Waals surface area contributed by atoms with E-state index < -0.39 is 0 Å². The Hall–Kier alpha value is -2.56. The summed E-state index contributed by atoms with van der Waals surface area (Å²) in [7, 11) is 1.60. The number of carbonyl (C=O) groups is 1. The fourth-order valence-electron chi connectivity index (χ4n) is 1.89. The largest absolute Gasteiger partial charge is 0.497 e. The van der Waals surface area contributed by atoms with Gasteiger partial charge in [-0.2, -0.15) is 0 Å². The molecule has 0 aliphatic rings. The standard InChI is InChI=1S/C16H17FN2O2/c1-11(12-4-3-5-15(10-12)21-2)18-16(20)19-14-8-6-13(17)7-9-14/h3-11H,1-2H3,(H2,18,19,20)/t11-/m1/s1. The van der Waals surface area contributed by atoms with Crippen molar-refractivity contribution in [3.05, 3.63) is 59.9 Å². The molecule has 2 rings (SSSR count). The highest BCUT2D eigenvalue weighted by atomic mass is 19.1. The molecule has 110 valence electrons. The highest BCUT2D eigenvalue weighted by Crippen LogP contribution is 2.19. The second-order valence-electron chi connectivity index (χ2n) is 4.60. The van der Waals surface area contributed by atoms with Gasteiger partial charge in [-0.1, -0.05) is 12.1 Å². The van der Waals surface area contributed by atoms with Crippen LogP contribution in [0, 0.1) is 5.82 Å². The summed E-state index contributed by atoms with van der Waals surface area (Å²) in [5, 5.41) is 5.46. The third kappa shape index (κ3) is 4.21. The van der Waals surface area contributed by atoms with Crippen molar-refractivity contribution < 1.29 is 13.9 Å². The predicted octanol–water partition coefficient (Wildman–Crippen LogP) is 3.72. The van der Waals surface area contributed by atoms with E-state index in [1.165, 1.54) is 24.3 Å². The van der Waals surface area contributed by atoms with Crippen LogP contribution in [-0.2, 0) is 0 Å². The van der Waals surface area contributed by atoms with Gasteiger partial charge in [0.2, 0.25) is 0 Å². The van der Waals surface area contributed by atoms with E-state index in [1.54, 1.807) is 7.11 Å². The summed E-state index contributed by atoms with van der Waals surface area (Å²) in [6, 6.07) is 12.5. The number of hydrogen-bond acceptors (Lipinski definition) is 2. The van der Waals surface area contributed by atoms with E-state index in [9.17, 15) is 9.18 Å². The van der Waals surface area contributed by atoms with E-state index in [4.69, 9.17) is 4.74 Å². The van der Waals surface area contributed by atoms with Crippen molar-refractivity contribution in [2.45, 2.75) is 13.0 Å². The summed E-state index contributed by atoms with van der Waals surface area (Å²) < 4.78 is 17.9. The van der Waals surface area contributed by atoms with Crippen LogP contribution in [0.15, 0.2) is 48.5 Å². The van der Waals surface area contributed by atoms with Crippen molar-refractivity contribution in [1.29, 1.82) is 0 Å². The maximum Gasteiger partial charge on any atom is 0.319 e. The number of rotatable bonds is 4. The molecule has 4 nitrogen and oxygen atoms in total. The molecular formula is C16H17FN2O2. The van der Waals surface area contributed by atoms with Crippen LogP contribution < -0.4 is 15.4 Å². The maximum absolute atomic E-state index is 12.8. The van der Waals surface area contributed by atoms with Crippen LogP contribution >= 0.6 is 0 Å². The molecule has 5 heteroatoms. The number of nitrogens with one attached hydrogen (secondary N) is 2. The van der Waals surface area contributed by atoms with Crippen LogP contribution in [0.1, 0.15) is 18.5 Å². The minimum Gasteiger partial charge on any atom is -0.497 e. The van der Waals surface area contributed by atoms with Crippen LogP contribution in [-0.4, -0.2) is 13.1 Å². The number of amides is 2. The van der Waals surface area contributed by atoms with Crippen molar-refractivity contribution >= 4 is 11.7 Å². The first-order valence-electron chi connectivity index (χ1n) is 6.55. The van der Waals surface area contributed by atoms with E-state index in [0.717, 1.165) is 11.3 Å². The van der Waals surface area contributed by atoms with E-state index in [0.29, 0.717) is 5.69 Å². The molecule has 0 radical (unpaired) electrons. The average molecular weight is 288 g/mol. The third-order valence-corrected chi connectivity index (χ3v) is 3.04. The maximum atomic E-state index is 12.8. The van der Waals surface area contributed by atoms with Crippen molar-refractivity contribution in [3.63, 3.8) is 0 Å². The highest BCUT2D eigenvalue weighted by Gasteiger charge is 2.10. The Bertz CT molecular complexity index is 614. The van der Waals surface area contributed by atoms with Crippen LogP contribution in [0.25, 0.3) is 0 Å². The lowest BCUT2D eigenvalue weighted by atomic mass is 10.1. The lowest BCUT2D eigenvalue weighted by Gasteiger charge is -2.15. The van der Waals surface area contributed by atoms with Gasteiger partial charge in [-0.05, 0) is 48.9 Å². The van der Waals surface area contributed by atoms with Crippen molar-refractivity contribution in [2.75, 3.05) is 12.4 Å². The molecule has 2 aromatic rings. The molecular weight excluding hydrogens is 271 g/mol. The van der Waals surface area contributed by atoms with Crippen LogP contribution in [0.5, 0.6) is 5.75 Å². The van der Waals surface area contributed by atoms with Gasteiger partial charge >= 0.3 is 6.03 Å². The summed E-state index contributed by atoms with van der Waals surface area (Å²) in [4.78, 5) is 11.9. The number of ether oxygens (including phenoxy) is 1. The molecule has 0 fully saturated rings. The Morgan fingerprint density at radius 2 is 1.90 bits per heavy atom. The first-order valence-corrected chi connectivity index (χ1v) is 6.55. The zero-order chi connectivity index (χ0) is 15.2. The van der Waals surface area contributed by atoms with Crippen LogP contribution in [0.4, 0.5) is 14.9 Å². The van der Waals surface area contributed by atoms with Crippen molar-refractivity contribution in [3.8, 4) is 5.75 Å². The molecule has 0 bridgehead atoms. The fourth-order valence-corrected chi connectivity index (χ4v) is 1.89. The van der Waals surface area contributed by atoms with Crippen LogP contribution in [0.3, 0.4) is 0 Å². The van der Waals surface area contributed by atoms with Gasteiger partial charge in [0.05, 0.1) is 13.2 Å². The number of carbonyl (C=O) groups excluding carboxylic acids is 1. The Balaban J connectivity index is 1.96. The Morgan fingerprint density at radius 1 is 1.19 bits per heavy atom. The first-order chi connectivity index (χ1) is 10.1. The first kappa shape index (κ1) is 14.8. The second kappa shape index (κ2) is 6.74. The Kier molecular flexibility index (Phi) is 4.77. The zero-order valence-electron chi connectivity index (χ0n) is 11.9.